The van der Waals surface area contributed by atoms with Gasteiger partial charge in [0.15, 0.2) is 5.16 Å². The number of aromatic nitrogens is 2. The van der Waals surface area contributed by atoms with Crippen LogP contribution in [0.4, 0.5) is 0 Å². The van der Waals surface area contributed by atoms with E-state index in [2.05, 4.69) is 4.98 Å². The van der Waals surface area contributed by atoms with Crippen molar-refractivity contribution >= 4 is 11.8 Å². The molecule has 1 heterocycles. The Balaban J connectivity index is 2.31. The topological polar surface area (TPSA) is 38.1 Å². The van der Waals surface area contributed by atoms with Crippen molar-refractivity contribution in [2.75, 3.05) is 0 Å². The number of imidazole rings is 1. The van der Waals surface area contributed by atoms with Gasteiger partial charge < -0.3 is 9.67 Å². The average Bonchev–Trinajstić information content (AvgIpc) is 2.65. The van der Waals surface area contributed by atoms with Crippen LogP contribution in [0.5, 0.6) is 0 Å². The Bertz CT molecular complexity index is 479. The van der Waals surface area contributed by atoms with Crippen LogP contribution >= 0.6 is 11.8 Å². The van der Waals surface area contributed by atoms with E-state index in [1.165, 1.54) is 0 Å². The van der Waals surface area contributed by atoms with E-state index in [-0.39, 0.29) is 0 Å². The molecule has 4 heteroatoms. The maximum absolute atomic E-state index is 9.66. The summed E-state index contributed by atoms with van der Waals surface area (Å²) in [5, 5.41) is 10.6. The van der Waals surface area contributed by atoms with Crippen LogP contribution in [0.2, 0.25) is 0 Å². The van der Waals surface area contributed by atoms with Crippen LogP contribution in [-0.2, 0) is 7.05 Å². The highest BCUT2D eigenvalue weighted by Crippen LogP contribution is 2.31. The van der Waals surface area contributed by atoms with Crippen molar-refractivity contribution in [1.29, 1.82) is 0 Å². The normalized spacial score (nSPS) is 12.7. The standard InChI is InChI=1S/C12H14N2OS/c1-9(15)10-5-3-4-6-11(10)16-12-13-7-8-14(12)2/h3-9,15H,1-2H3. The van der Waals surface area contributed by atoms with Gasteiger partial charge >= 0.3 is 0 Å². The van der Waals surface area contributed by atoms with Crippen molar-refractivity contribution in [2.45, 2.75) is 23.1 Å². The molecule has 0 saturated carbocycles. The Labute approximate surface area is 99.1 Å². The van der Waals surface area contributed by atoms with Crippen molar-refractivity contribution in [3.63, 3.8) is 0 Å². The molecule has 0 fully saturated rings. The molecule has 0 radical (unpaired) electrons. The second-order valence-corrected chi connectivity index (χ2v) is 4.65. The van der Waals surface area contributed by atoms with Crippen molar-refractivity contribution in [3.8, 4) is 0 Å². The van der Waals surface area contributed by atoms with Crippen molar-refractivity contribution in [2.24, 2.45) is 7.05 Å². The smallest absolute Gasteiger partial charge is 0.172 e. The van der Waals surface area contributed by atoms with E-state index in [0.717, 1.165) is 15.6 Å². The Morgan fingerprint density at radius 2 is 2.12 bits per heavy atom. The summed E-state index contributed by atoms with van der Waals surface area (Å²) in [5.41, 5.74) is 0.940. The molecule has 0 aliphatic carbocycles. The molecule has 2 aromatic rings. The third kappa shape index (κ3) is 2.28. The zero-order valence-electron chi connectivity index (χ0n) is 9.29. The molecular weight excluding hydrogens is 220 g/mol. The van der Waals surface area contributed by atoms with Gasteiger partial charge in [0.1, 0.15) is 0 Å². The highest BCUT2D eigenvalue weighted by atomic mass is 32.2. The van der Waals surface area contributed by atoms with Gasteiger partial charge in [-0.1, -0.05) is 30.0 Å². The molecule has 0 saturated heterocycles. The van der Waals surface area contributed by atoms with E-state index < -0.39 is 6.10 Å². The highest BCUT2D eigenvalue weighted by Gasteiger charge is 2.10. The van der Waals surface area contributed by atoms with E-state index in [0.29, 0.717) is 0 Å². The van der Waals surface area contributed by atoms with Gasteiger partial charge in [-0.15, -0.1) is 0 Å². The lowest BCUT2D eigenvalue weighted by Crippen LogP contribution is -1.95. The molecule has 0 aliphatic heterocycles. The van der Waals surface area contributed by atoms with E-state index in [1.54, 1.807) is 24.9 Å². The third-order valence-electron chi connectivity index (χ3n) is 2.35. The fraction of sp³-hybridized carbons (Fsp3) is 0.250. The lowest BCUT2D eigenvalue weighted by atomic mass is 10.1. The molecule has 1 aromatic heterocycles. The number of aryl methyl sites for hydroxylation is 1. The van der Waals surface area contributed by atoms with Gasteiger partial charge in [0.25, 0.3) is 0 Å². The SMILES string of the molecule is CC(O)c1ccccc1Sc1nccn1C. The van der Waals surface area contributed by atoms with Gasteiger partial charge in [-0.25, -0.2) is 4.98 Å². The molecule has 1 unspecified atom stereocenters. The maximum Gasteiger partial charge on any atom is 0.172 e. The largest absolute Gasteiger partial charge is 0.389 e. The summed E-state index contributed by atoms with van der Waals surface area (Å²) in [4.78, 5) is 5.30. The maximum atomic E-state index is 9.66. The summed E-state index contributed by atoms with van der Waals surface area (Å²) in [7, 11) is 1.96. The van der Waals surface area contributed by atoms with E-state index in [1.807, 2.05) is 42.1 Å². The zero-order valence-corrected chi connectivity index (χ0v) is 10.1. The quantitative estimate of drug-likeness (QED) is 0.887. The highest BCUT2D eigenvalue weighted by molar-refractivity contribution is 7.99. The molecule has 0 amide bonds. The second-order valence-electron chi connectivity index (χ2n) is 3.64. The molecule has 2 rings (SSSR count). The van der Waals surface area contributed by atoms with Gasteiger partial charge in [-0.3, -0.25) is 0 Å². The van der Waals surface area contributed by atoms with Gasteiger partial charge in [-0.05, 0) is 18.6 Å². The molecule has 0 bridgehead atoms. The first-order chi connectivity index (χ1) is 7.68. The number of rotatable bonds is 3. The molecule has 1 aromatic carbocycles. The molecule has 1 atom stereocenters. The summed E-state index contributed by atoms with van der Waals surface area (Å²) in [6.07, 6.45) is 3.23. The molecular formula is C12H14N2OS. The van der Waals surface area contributed by atoms with Gasteiger partial charge in [0.05, 0.1) is 6.10 Å². The van der Waals surface area contributed by atoms with E-state index in [9.17, 15) is 5.11 Å². The second kappa shape index (κ2) is 4.72. The first-order valence-corrected chi connectivity index (χ1v) is 5.92. The van der Waals surface area contributed by atoms with Crippen LogP contribution in [0.25, 0.3) is 0 Å². The van der Waals surface area contributed by atoms with E-state index in [4.69, 9.17) is 0 Å². The molecule has 84 valence electrons. The summed E-state index contributed by atoms with van der Waals surface area (Å²) < 4.78 is 1.96. The van der Waals surface area contributed by atoms with Crippen molar-refractivity contribution in [1.82, 2.24) is 9.55 Å². The lowest BCUT2D eigenvalue weighted by molar-refractivity contribution is 0.196. The number of hydrogen-bond acceptors (Lipinski definition) is 3. The first kappa shape index (κ1) is 11.2. The molecule has 16 heavy (non-hydrogen) atoms. The number of aliphatic hydroxyl groups excluding tert-OH is 1. The summed E-state index contributed by atoms with van der Waals surface area (Å²) >= 11 is 1.57. The van der Waals surface area contributed by atoms with Crippen LogP contribution in [0, 0.1) is 0 Å². The molecule has 1 N–H and O–H groups in total. The Morgan fingerprint density at radius 1 is 1.38 bits per heavy atom. The number of hydrogen-bond donors (Lipinski definition) is 1. The van der Waals surface area contributed by atoms with Gasteiger partial charge in [-0.2, -0.15) is 0 Å². The molecule has 3 nitrogen and oxygen atoms in total. The fourth-order valence-electron chi connectivity index (χ4n) is 1.47. The lowest BCUT2D eigenvalue weighted by Gasteiger charge is -2.10. The van der Waals surface area contributed by atoms with Crippen LogP contribution in [0.1, 0.15) is 18.6 Å². The molecule has 0 spiro atoms. The minimum absolute atomic E-state index is 0.455. The average molecular weight is 234 g/mol. The van der Waals surface area contributed by atoms with Gasteiger partial charge in [0.2, 0.25) is 0 Å². The Kier molecular flexibility index (Phi) is 3.31. The monoisotopic (exact) mass is 234 g/mol. The van der Waals surface area contributed by atoms with E-state index >= 15 is 0 Å². The summed E-state index contributed by atoms with van der Waals surface area (Å²) in [6, 6.07) is 7.85. The van der Waals surface area contributed by atoms with Crippen LogP contribution < -0.4 is 0 Å². The predicted octanol–water partition coefficient (Wildman–Crippen LogP) is 2.62. The first-order valence-electron chi connectivity index (χ1n) is 5.10. The van der Waals surface area contributed by atoms with Crippen LogP contribution in [-0.4, -0.2) is 14.7 Å². The zero-order chi connectivity index (χ0) is 11.5. The Morgan fingerprint density at radius 3 is 2.75 bits per heavy atom. The summed E-state index contributed by atoms with van der Waals surface area (Å²) in [6.45, 7) is 1.78. The molecule has 0 aliphatic rings. The van der Waals surface area contributed by atoms with Gasteiger partial charge in [0, 0.05) is 24.3 Å². The Hall–Kier alpha value is -1.26. The van der Waals surface area contributed by atoms with Crippen molar-refractivity contribution in [3.05, 3.63) is 42.2 Å². The van der Waals surface area contributed by atoms with Crippen LogP contribution in [0.3, 0.4) is 0 Å². The fourth-order valence-corrected chi connectivity index (χ4v) is 2.49. The van der Waals surface area contributed by atoms with Crippen LogP contribution in [0.15, 0.2) is 46.7 Å². The number of nitrogens with zero attached hydrogens (tertiary/aromatic N) is 2. The number of aliphatic hydroxyl groups is 1. The number of benzene rings is 1. The predicted molar refractivity (Wildman–Crippen MR) is 64.4 cm³/mol. The summed E-state index contributed by atoms with van der Waals surface area (Å²) in [5.74, 6) is 0. The van der Waals surface area contributed by atoms with Crippen molar-refractivity contribution < 1.29 is 5.11 Å². The minimum atomic E-state index is -0.455. The third-order valence-corrected chi connectivity index (χ3v) is 3.51. The minimum Gasteiger partial charge on any atom is -0.389 e.